The maximum absolute atomic E-state index is 13.3. The zero-order valence-electron chi connectivity index (χ0n) is 15.5. The van der Waals surface area contributed by atoms with Crippen LogP contribution in [0, 0.1) is 0 Å². The molecule has 144 valence electrons. The van der Waals surface area contributed by atoms with Gasteiger partial charge in [-0.2, -0.15) is 0 Å². The lowest BCUT2D eigenvalue weighted by atomic mass is 9.97. The van der Waals surface area contributed by atoms with Crippen LogP contribution in [0.3, 0.4) is 0 Å². The first-order valence-corrected chi connectivity index (χ1v) is 10.4. The molecule has 3 rings (SSSR count). The minimum Gasteiger partial charge on any atom is -0.483 e. The van der Waals surface area contributed by atoms with Crippen LogP contribution in [-0.2, 0) is 14.6 Å². The van der Waals surface area contributed by atoms with Crippen molar-refractivity contribution in [1.82, 2.24) is 10.2 Å². The van der Waals surface area contributed by atoms with Crippen molar-refractivity contribution in [3.8, 4) is 5.75 Å². The van der Waals surface area contributed by atoms with Crippen molar-refractivity contribution >= 4 is 15.7 Å². The summed E-state index contributed by atoms with van der Waals surface area (Å²) >= 11 is 0. The van der Waals surface area contributed by atoms with Gasteiger partial charge in [0.15, 0.2) is 6.61 Å². The molecule has 2 aromatic rings. The van der Waals surface area contributed by atoms with Crippen molar-refractivity contribution in [2.24, 2.45) is 0 Å². The molecule has 1 amide bonds. The van der Waals surface area contributed by atoms with Crippen molar-refractivity contribution in [2.75, 3.05) is 33.8 Å². The number of nitrogens with one attached hydrogen (secondary N) is 1. The predicted molar refractivity (Wildman–Crippen MR) is 103 cm³/mol. The van der Waals surface area contributed by atoms with E-state index < -0.39 is 9.84 Å². The van der Waals surface area contributed by atoms with E-state index in [0.717, 1.165) is 13.0 Å². The van der Waals surface area contributed by atoms with Gasteiger partial charge in [-0.1, -0.05) is 24.3 Å². The van der Waals surface area contributed by atoms with Gasteiger partial charge in [-0.15, -0.1) is 0 Å². The fourth-order valence-electron chi connectivity index (χ4n) is 3.18. The molecular weight excluding hydrogens is 364 g/mol. The predicted octanol–water partition coefficient (Wildman–Crippen LogP) is 2.06. The number of ether oxygens (including phenoxy) is 1. The quantitative estimate of drug-likeness (QED) is 0.820. The molecule has 1 fully saturated rings. The number of carbonyl (C=O) groups is 1. The lowest BCUT2D eigenvalue weighted by Crippen LogP contribution is -2.28. The number of nitrogens with zero attached hydrogens (tertiary/aromatic N) is 1. The maximum Gasteiger partial charge on any atom is 0.259 e. The highest BCUT2D eigenvalue weighted by molar-refractivity contribution is 7.91. The van der Waals surface area contributed by atoms with E-state index in [1.807, 2.05) is 0 Å². The van der Waals surface area contributed by atoms with Gasteiger partial charge in [0.25, 0.3) is 5.91 Å². The number of likely N-dealkylation sites (N-methyl/N-ethyl adjacent to an activating group) is 1. The number of benzene rings is 2. The zero-order chi connectivity index (χ0) is 19.4. The molecule has 6 nitrogen and oxygen atoms in total. The van der Waals surface area contributed by atoms with E-state index >= 15 is 0 Å². The zero-order valence-corrected chi connectivity index (χ0v) is 16.3. The summed E-state index contributed by atoms with van der Waals surface area (Å²) in [5, 5.41) is 3.27. The molecule has 0 aromatic heterocycles. The van der Waals surface area contributed by atoms with E-state index in [4.69, 9.17) is 4.74 Å². The number of sulfone groups is 1. The SMILES string of the molecule is CN(C)C(=O)COc1cccc(S(=O)(=O)c2ccccc2)c1C1CCNC1. The minimum atomic E-state index is -3.69. The standard InChI is InChI=1S/C20H24N2O4S/c1-22(2)19(23)14-26-17-9-6-10-18(20(17)15-11-12-21-13-15)27(24,25)16-7-4-3-5-8-16/h3-10,15,21H,11-14H2,1-2H3. The summed E-state index contributed by atoms with van der Waals surface area (Å²) in [4.78, 5) is 13.9. The highest BCUT2D eigenvalue weighted by Crippen LogP contribution is 2.38. The van der Waals surface area contributed by atoms with Crippen molar-refractivity contribution in [2.45, 2.75) is 22.1 Å². The Morgan fingerprint density at radius 3 is 2.52 bits per heavy atom. The number of rotatable bonds is 6. The Morgan fingerprint density at radius 2 is 1.89 bits per heavy atom. The summed E-state index contributed by atoms with van der Waals surface area (Å²) in [5.41, 5.74) is 0.651. The molecular formula is C20H24N2O4S. The Bertz CT molecular complexity index is 905. The molecule has 0 saturated carbocycles. The highest BCUT2D eigenvalue weighted by atomic mass is 32.2. The van der Waals surface area contributed by atoms with Crippen LogP contribution in [0.15, 0.2) is 58.3 Å². The fraction of sp³-hybridized carbons (Fsp3) is 0.350. The second-order valence-corrected chi connectivity index (χ2v) is 8.67. The van der Waals surface area contributed by atoms with Crippen LogP contribution in [0.5, 0.6) is 5.75 Å². The summed E-state index contributed by atoms with van der Waals surface area (Å²) < 4.78 is 32.3. The average molecular weight is 388 g/mol. The first kappa shape index (κ1) is 19.4. The Labute approximate surface area is 160 Å². The molecule has 1 unspecified atom stereocenters. The van der Waals surface area contributed by atoms with Crippen LogP contribution in [0.2, 0.25) is 0 Å². The monoisotopic (exact) mass is 388 g/mol. The molecule has 0 aliphatic carbocycles. The largest absolute Gasteiger partial charge is 0.483 e. The van der Waals surface area contributed by atoms with Crippen LogP contribution in [0.4, 0.5) is 0 Å². The lowest BCUT2D eigenvalue weighted by Gasteiger charge is -2.20. The molecule has 2 aromatic carbocycles. The van der Waals surface area contributed by atoms with Crippen molar-refractivity contribution in [3.63, 3.8) is 0 Å². The molecule has 0 spiro atoms. The van der Waals surface area contributed by atoms with Gasteiger partial charge in [-0.25, -0.2) is 8.42 Å². The van der Waals surface area contributed by atoms with Crippen molar-refractivity contribution < 1.29 is 17.9 Å². The molecule has 7 heteroatoms. The van der Waals surface area contributed by atoms with Gasteiger partial charge in [0.2, 0.25) is 9.84 Å². The van der Waals surface area contributed by atoms with Gasteiger partial charge in [0, 0.05) is 32.1 Å². The van der Waals surface area contributed by atoms with Gasteiger partial charge in [-0.3, -0.25) is 4.79 Å². The minimum absolute atomic E-state index is 0.0177. The van der Waals surface area contributed by atoms with Crippen molar-refractivity contribution in [1.29, 1.82) is 0 Å². The number of amides is 1. The van der Waals surface area contributed by atoms with Crippen LogP contribution in [0.1, 0.15) is 17.9 Å². The molecule has 1 aliphatic heterocycles. The number of hydrogen-bond acceptors (Lipinski definition) is 5. The molecule has 27 heavy (non-hydrogen) atoms. The average Bonchev–Trinajstić information content (AvgIpc) is 3.20. The Hall–Kier alpha value is -2.38. The first-order chi connectivity index (χ1) is 12.9. The third-order valence-electron chi connectivity index (χ3n) is 4.69. The smallest absolute Gasteiger partial charge is 0.259 e. The van der Waals surface area contributed by atoms with E-state index in [1.165, 1.54) is 4.90 Å². The summed E-state index contributed by atoms with van der Waals surface area (Å²) in [6, 6.07) is 13.4. The maximum atomic E-state index is 13.3. The normalized spacial score (nSPS) is 16.9. The van der Waals surface area contributed by atoms with Gasteiger partial charge < -0.3 is 15.0 Å². The lowest BCUT2D eigenvalue weighted by molar-refractivity contribution is -0.130. The van der Waals surface area contributed by atoms with Crippen LogP contribution < -0.4 is 10.1 Å². The van der Waals surface area contributed by atoms with Crippen LogP contribution >= 0.6 is 0 Å². The van der Waals surface area contributed by atoms with Gasteiger partial charge >= 0.3 is 0 Å². The van der Waals surface area contributed by atoms with E-state index in [9.17, 15) is 13.2 Å². The van der Waals surface area contributed by atoms with Crippen LogP contribution in [-0.4, -0.2) is 53.0 Å². The molecule has 1 saturated heterocycles. The van der Waals surface area contributed by atoms with Crippen molar-refractivity contribution in [3.05, 3.63) is 54.1 Å². The van der Waals surface area contributed by atoms with E-state index in [2.05, 4.69) is 5.32 Å². The molecule has 0 radical (unpaired) electrons. The van der Waals surface area contributed by atoms with E-state index in [0.29, 0.717) is 17.9 Å². The molecule has 1 heterocycles. The molecule has 1 atom stereocenters. The van der Waals surface area contributed by atoms with Gasteiger partial charge in [0.05, 0.1) is 9.79 Å². The number of carbonyl (C=O) groups excluding carboxylic acids is 1. The Morgan fingerprint density at radius 1 is 1.15 bits per heavy atom. The topological polar surface area (TPSA) is 75.7 Å². The van der Waals surface area contributed by atoms with Crippen LogP contribution in [0.25, 0.3) is 0 Å². The Balaban J connectivity index is 2.06. The second kappa shape index (κ2) is 8.10. The molecule has 1 aliphatic rings. The van der Waals surface area contributed by atoms with Gasteiger partial charge in [-0.05, 0) is 37.2 Å². The third kappa shape index (κ3) is 4.14. The third-order valence-corrected chi connectivity index (χ3v) is 6.52. The second-order valence-electron chi connectivity index (χ2n) is 6.75. The molecule has 1 N–H and O–H groups in total. The van der Waals surface area contributed by atoms with E-state index in [1.54, 1.807) is 62.6 Å². The summed E-state index contributed by atoms with van der Waals surface area (Å²) in [7, 11) is -0.375. The Kier molecular flexibility index (Phi) is 5.82. The molecule has 0 bridgehead atoms. The summed E-state index contributed by atoms with van der Waals surface area (Å²) in [6.45, 7) is 1.37. The summed E-state index contributed by atoms with van der Waals surface area (Å²) in [6.07, 6.45) is 0.819. The fourth-order valence-corrected chi connectivity index (χ4v) is 4.77. The number of hydrogen-bond donors (Lipinski definition) is 1. The highest BCUT2D eigenvalue weighted by Gasteiger charge is 2.30. The van der Waals surface area contributed by atoms with E-state index in [-0.39, 0.29) is 28.2 Å². The summed E-state index contributed by atoms with van der Waals surface area (Å²) in [5.74, 6) is 0.293. The first-order valence-electron chi connectivity index (χ1n) is 8.88. The van der Waals surface area contributed by atoms with Gasteiger partial charge in [0.1, 0.15) is 5.75 Å².